The number of methoxy groups -OCH3 is 1. The first kappa shape index (κ1) is 16.2. The minimum Gasteiger partial charge on any atom is -0.497 e. The molecule has 118 valence electrons. The van der Waals surface area contributed by atoms with Gasteiger partial charge >= 0.3 is 0 Å². The van der Waals surface area contributed by atoms with Crippen LogP contribution < -0.4 is 10.1 Å². The molecule has 0 bridgehead atoms. The van der Waals surface area contributed by atoms with Crippen LogP contribution in [-0.2, 0) is 0 Å². The maximum absolute atomic E-state index is 12.6. The summed E-state index contributed by atoms with van der Waals surface area (Å²) in [7, 11) is 1.59. The van der Waals surface area contributed by atoms with Crippen molar-refractivity contribution in [3.05, 3.63) is 35.5 Å². The fourth-order valence-electron chi connectivity index (χ4n) is 2.45. The first-order chi connectivity index (χ1) is 10.6. The highest BCUT2D eigenvalue weighted by Crippen LogP contribution is 2.24. The van der Waals surface area contributed by atoms with E-state index in [-0.39, 0.29) is 18.6 Å². The number of aliphatic hydroxyl groups is 1. The Balaban J connectivity index is 2.42. The van der Waals surface area contributed by atoms with Gasteiger partial charge in [0.25, 0.3) is 5.91 Å². The van der Waals surface area contributed by atoms with Gasteiger partial charge in [-0.3, -0.25) is 9.78 Å². The predicted octanol–water partition coefficient (Wildman–Crippen LogP) is 2.44. The zero-order valence-corrected chi connectivity index (χ0v) is 13.2. The van der Waals surface area contributed by atoms with E-state index in [0.29, 0.717) is 17.7 Å². The molecule has 1 amide bonds. The maximum atomic E-state index is 12.6. The quantitative estimate of drug-likeness (QED) is 0.860. The second kappa shape index (κ2) is 7.22. The topological polar surface area (TPSA) is 71.5 Å². The van der Waals surface area contributed by atoms with E-state index < -0.39 is 0 Å². The SMILES string of the molecule is CCC(CCO)NC(=O)c1cc(C)nc2ccc(OC)cc12. The molecule has 0 aliphatic carbocycles. The number of ether oxygens (including phenoxy) is 1. The molecule has 2 aromatic rings. The first-order valence-electron chi connectivity index (χ1n) is 7.46. The number of pyridine rings is 1. The Hall–Kier alpha value is -2.14. The molecule has 0 aliphatic heterocycles. The Bertz CT molecular complexity index is 670. The number of nitrogens with one attached hydrogen (secondary N) is 1. The first-order valence-corrected chi connectivity index (χ1v) is 7.46. The van der Waals surface area contributed by atoms with Crippen LogP contribution in [0.3, 0.4) is 0 Å². The number of amides is 1. The number of aryl methyl sites for hydroxylation is 1. The molecule has 0 saturated heterocycles. The van der Waals surface area contributed by atoms with Crippen molar-refractivity contribution in [2.75, 3.05) is 13.7 Å². The van der Waals surface area contributed by atoms with Gasteiger partial charge in [0.2, 0.25) is 0 Å². The Morgan fingerprint density at radius 2 is 2.18 bits per heavy atom. The van der Waals surface area contributed by atoms with Crippen LogP contribution in [0, 0.1) is 6.92 Å². The van der Waals surface area contributed by atoms with Crippen LogP contribution in [0.4, 0.5) is 0 Å². The molecule has 1 unspecified atom stereocenters. The van der Waals surface area contributed by atoms with Crippen LogP contribution in [-0.4, -0.2) is 35.8 Å². The molecule has 2 N–H and O–H groups in total. The van der Waals surface area contributed by atoms with E-state index in [1.165, 1.54) is 0 Å². The number of fused-ring (bicyclic) bond motifs is 1. The third-order valence-electron chi connectivity index (χ3n) is 3.69. The molecule has 5 heteroatoms. The molecule has 1 aromatic heterocycles. The number of carbonyl (C=O) groups excluding carboxylic acids is 1. The zero-order valence-electron chi connectivity index (χ0n) is 13.2. The van der Waals surface area contributed by atoms with Gasteiger partial charge in [-0.05, 0) is 44.0 Å². The van der Waals surface area contributed by atoms with Crippen molar-refractivity contribution in [2.45, 2.75) is 32.7 Å². The maximum Gasteiger partial charge on any atom is 0.252 e. The molecular formula is C17H22N2O3. The molecule has 0 spiro atoms. The standard InChI is InChI=1S/C17H22N2O3/c1-4-12(7-8-20)19-17(21)15-9-11(2)18-16-6-5-13(22-3)10-14(15)16/h5-6,9-10,12,20H,4,7-8H2,1-3H3,(H,19,21). The van der Waals surface area contributed by atoms with Crippen LogP contribution >= 0.6 is 0 Å². The van der Waals surface area contributed by atoms with Crippen molar-refractivity contribution in [1.29, 1.82) is 0 Å². The molecule has 1 atom stereocenters. The number of aliphatic hydroxyl groups excluding tert-OH is 1. The Morgan fingerprint density at radius 1 is 1.41 bits per heavy atom. The molecule has 1 heterocycles. The summed E-state index contributed by atoms with van der Waals surface area (Å²) in [6.07, 6.45) is 1.32. The number of aromatic nitrogens is 1. The molecule has 5 nitrogen and oxygen atoms in total. The second-order valence-electron chi connectivity index (χ2n) is 5.29. The van der Waals surface area contributed by atoms with Gasteiger partial charge in [-0.15, -0.1) is 0 Å². The van der Waals surface area contributed by atoms with E-state index in [4.69, 9.17) is 9.84 Å². The number of hydrogen-bond acceptors (Lipinski definition) is 4. The number of carbonyl (C=O) groups is 1. The lowest BCUT2D eigenvalue weighted by Gasteiger charge is -2.17. The summed E-state index contributed by atoms with van der Waals surface area (Å²) in [4.78, 5) is 17.0. The van der Waals surface area contributed by atoms with Crippen LogP contribution in [0.25, 0.3) is 10.9 Å². The van der Waals surface area contributed by atoms with E-state index in [9.17, 15) is 4.79 Å². The summed E-state index contributed by atoms with van der Waals surface area (Å²) < 4.78 is 5.24. The van der Waals surface area contributed by atoms with Gasteiger partial charge in [0.1, 0.15) is 5.75 Å². The van der Waals surface area contributed by atoms with Crippen LogP contribution in [0.2, 0.25) is 0 Å². The fraction of sp³-hybridized carbons (Fsp3) is 0.412. The average molecular weight is 302 g/mol. The summed E-state index contributed by atoms with van der Waals surface area (Å²) in [5.41, 5.74) is 2.14. The van der Waals surface area contributed by atoms with Crippen molar-refractivity contribution < 1.29 is 14.6 Å². The zero-order chi connectivity index (χ0) is 16.1. The van der Waals surface area contributed by atoms with Crippen LogP contribution in [0.15, 0.2) is 24.3 Å². The van der Waals surface area contributed by atoms with Gasteiger partial charge in [0, 0.05) is 23.7 Å². The van der Waals surface area contributed by atoms with E-state index in [2.05, 4.69) is 10.3 Å². The number of rotatable bonds is 6. The van der Waals surface area contributed by atoms with Gasteiger partial charge in [0.05, 0.1) is 18.2 Å². The van der Waals surface area contributed by atoms with Crippen molar-refractivity contribution in [3.8, 4) is 5.75 Å². The third kappa shape index (κ3) is 3.54. The average Bonchev–Trinajstić information content (AvgIpc) is 2.53. The number of benzene rings is 1. The Kier molecular flexibility index (Phi) is 5.33. The molecule has 2 rings (SSSR count). The monoisotopic (exact) mass is 302 g/mol. The summed E-state index contributed by atoms with van der Waals surface area (Å²) in [5.74, 6) is 0.540. The third-order valence-corrected chi connectivity index (χ3v) is 3.69. The number of hydrogen-bond donors (Lipinski definition) is 2. The van der Waals surface area contributed by atoms with Crippen LogP contribution in [0.1, 0.15) is 35.8 Å². The van der Waals surface area contributed by atoms with Gasteiger partial charge in [-0.2, -0.15) is 0 Å². The normalized spacial score (nSPS) is 12.2. The highest BCUT2D eigenvalue weighted by Gasteiger charge is 2.16. The predicted molar refractivity (Wildman–Crippen MR) is 86.3 cm³/mol. The van der Waals surface area contributed by atoms with Crippen LogP contribution in [0.5, 0.6) is 5.75 Å². The lowest BCUT2D eigenvalue weighted by molar-refractivity contribution is 0.0930. The van der Waals surface area contributed by atoms with Gasteiger partial charge in [-0.1, -0.05) is 6.92 Å². The minimum atomic E-state index is -0.149. The molecular weight excluding hydrogens is 280 g/mol. The van der Waals surface area contributed by atoms with E-state index in [0.717, 1.165) is 23.0 Å². The lowest BCUT2D eigenvalue weighted by Crippen LogP contribution is -2.35. The summed E-state index contributed by atoms with van der Waals surface area (Å²) >= 11 is 0. The Labute approximate surface area is 130 Å². The molecule has 0 saturated carbocycles. The fourth-order valence-corrected chi connectivity index (χ4v) is 2.45. The summed E-state index contributed by atoms with van der Waals surface area (Å²) in [5, 5.41) is 12.8. The van der Waals surface area contributed by atoms with Crippen molar-refractivity contribution >= 4 is 16.8 Å². The smallest absolute Gasteiger partial charge is 0.252 e. The molecule has 0 aliphatic rings. The second-order valence-corrected chi connectivity index (χ2v) is 5.29. The molecule has 0 radical (unpaired) electrons. The molecule has 0 fully saturated rings. The van der Waals surface area contributed by atoms with Crippen molar-refractivity contribution in [3.63, 3.8) is 0 Å². The highest BCUT2D eigenvalue weighted by molar-refractivity contribution is 6.06. The van der Waals surface area contributed by atoms with E-state index in [1.54, 1.807) is 13.2 Å². The molecule has 22 heavy (non-hydrogen) atoms. The largest absolute Gasteiger partial charge is 0.497 e. The highest BCUT2D eigenvalue weighted by atomic mass is 16.5. The number of nitrogens with zero attached hydrogens (tertiary/aromatic N) is 1. The minimum absolute atomic E-state index is 0.0355. The van der Waals surface area contributed by atoms with Gasteiger partial charge in [0.15, 0.2) is 0 Å². The van der Waals surface area contributed by atoms with Gasteiger partial charge in [-0.25, -0.2) is 0 Å². The van der Waals surface area contributed by atoms with Crippen molar-refractivity contribution in [2.24, 2.45) is 0 Å². The van der Waals surface area contributed by atoms with Crippen molar-refractivity contribution in [1.82, 2.24) is 10.3 Å². The molecule has 1 aromatic carbocycles. The van der Waals surface area contributed by atoms with Gasteiger partial charge < -0.3 is 15.2 Å². The van der Waals surface area contributed by atoms with E-state index >= 15 is 0 Å². The Morgan fingerprint density at radius 3 is 2.82 bits per heavy atom. The lowest BCUT2D eigenvalue weighted by atomic mass is 10.1. The summed E-state index contributed by atoms with van der Waals surface area (Å²) in [6, 6.07) is 7.25. The summed E-state index contributed by atoms with van der Waals surface area (Å²) in [6.45, 7) is 3.91. The van der Waals surface area contributed by atoms with E-state index in [1.807, 2.05) is 32.0 Å².